The lowest BCUT2D eigenvalue weighted by atomic mass is 10.1. The van der Waals surface area contributed by atoms with Gasteiger partial charge in [-0.3, -0.25) is 4.57 Å². The molecule has 3 N–H and O–H groups in total. The minimum Gasteiger partial charge on any atom is -0.383 e. The Morgan fingerprint density at radius 1 is 1.26 bits per heavy atom. The molecule has 0 radical (unpaired) electrons. The van der Waals surface area contributed by atoms with Crippen molar-refractivity contribution in [1.82, 2.24) is 24.7 Å². The van der Waals surface area contributed by atoms with E-state index in [1.54, 1.807) is 15.9 Å². The van der Waals surface area contributed by atoms with Gasteiger partial charge in [0, 0.05) is 11.4 Å². The Balaban J connectivity index is 1.58. The maximum atomic E-state index is 11.9. The van der Waals surface area contributed by atoms with Gasteiger partial charge < -0.3 is 5.73 Å². The molecule has 7 nitrogen and oxygen atoms in total. The SMILES string of the molecule is CCCCn1c(SCc2nc(N)c3c4c(sc3n2)CCCCC4)n[nH]c1=O. The largest absolute Gasteiger partial charge is 0.383 e. The highest BCUT2D eigenvalue weighted by Gasteiger charge is 2.19. The Kier molecular flexibility index (Phi) is 5.49. The van der Waals surface area contributed by atoms with Crippen molar-refractivity contribution < 1.29 is 0 Å². The second-order valence-electron chi connectivity index (χ2n) is 6.87. The Morgan fingerprint density at radius 2 is 2.11 bits per heavy atom. The van der Waals surface area contributed by atoms with Crippen molar-refractivity contribution in [3.8, 4) is 0 Å². The predicted molar refractivity (Wildman–Crippen MR) is 110 cm³/mol. The molecular formula is C18H24N6OS2. The van der Waals surface area contributed by atoms with Crippen molar-refractivity contribution in [2.75, 3.05) is 5.73 Å². The van der Waals surface area contributed by atoms with Crippen LogP contribution in [0.4, 0.5) is 5.82 Å². The van der Waals surface area contributed by atoms with Crippen molar-refractivity contribution >= 4 is 39.1 Å². The second-order valence-corrected chi connectivity index (χ2v) is 8.90. The minimum absolute atomic E-state index is 0.163. The van der Waals surface area contributed by atoms with Gasteiger partial charge in [-0.1, -0.05) is 31.5 Å². The van der Waals surface area contributed by atoms with E-state index < -0.39 is 0 Å². The van der Waals surface area contributed by atoms with Crippen molar-refractivity contribution in [1.29, 1.82) is 0 Å². The maximum absolute atomic E-state index is 11.9. The van der Waals surface area contributed by atoms with Crippen LogP contribution in [-0.4, -0.2) is 24.7 Å². The number of aryl methyl sites for hydroxylation is 2. The maximum Gasteiger partial charge on any atom is 0.343 e. The lowest BCUT2D eigenvalue weighted by molar-refractivity contribution is 0.573. The van der Waals surface area contributed by atoms with Gasteiger partial charge in [-0.25, -0.2) is 19.9 Å². The minimum atomic E-state index is -0.163. The number of nitrogens with zero attached hydrogens (tertiary/aromatic N) is 4. The summed E-state index contributed by atoms with van der Waals surface area (Å²) in [6.45, 7) is 2.78. The summed E-state index contributed by atoms with van der Waals surface area (Å²) in [5, 5.41) is 8.41. The van der Waals surface area contributed by atoms with Crippen molar-refractivity contribution in [3.63, 3.8) is 0 Å². The second kappa shape index (κ2) is 8.02. The van der Waals surface area contributed by atoms with E-state index in [-0.39, 0.29) is 5.69 Å². The number of fused-ring (bicyclic) bond motifs is 3. The summed E-state index contributed by atoms with van der Waals surface area (Å²) in [6, 6.07) is 0. The third-order valence-electron chi connectivity index (χ3n) is 4.93. The van der Waals surface area contributed by atoms with Crippen LogP contribution in [-0.2, 0) is 25.1 Å². The summed E-state index contributed by atoms with van der Waals surface area (Å²) in [7, 11) is 0. The summed E-state index contributed by atoms with van der Waals surface area (Å²) < 4.78 is 1.68. The highest BCUT2D eigenvalue weighted by Crippen LogP contribution is 2.37. The molecule has 27 heavy (non-hydrogen) atoms. The lowest BCUT2D eigenvalue weighted by Gasteiger charge is -2.06. The molecule has 0 aliphatic heterocycles. The molecule has 0 aromatic carbocycles. The van der Waals surface area contributed by atoms with Crippen LogP contribution in [0.15, 0.2) is 9.95 Å². The van der Waals surface area contributed by atoms with Crippen LogP contribution in [0.25, 0.3) is 10.2 Å². The Labute approximate surface area is 165 Å². The molecule has 0 atom stereocenters. The van der Waals surface area contributed by atoms with Crippen LogP contribution >= 0.6 is 23.1 Å². The van der Waals surface area contributed by atoms with Crippen LogP contribution in [0.3, 0.4) is 0 Å². The van der Waals surface area contributed by atoms with Gasteiger partial charge in [0.1, 0.15) is 16.5 Å². The zero-order valence-corrected chi connectivity index (χ0v) is 17.1. The fraction of sp³-hybridized carbons (Fsp3) is 0.556. The molecule has 0 fully saturated rings. The molecule has 1 aliphatic carbocycles. The molecule has 9 heteroatoms. The molecule has 0 bridgehead atoms. The summed E-state index contributed by atoms with van der Waals surface area (Å²) in [5.74, 6) is 1.82. The Hall–Kier alpha value is -1.87. The van der Waals surface area contributed by atoms with Crippen LogP contribution < -0.4 is 11.4 Å². The standard InChI is InChI=1S/C18H24N6OS2/c1-2-3-9-24-17(25)22-23-18(24)26-10-13-20-15(19)14-11-7-5-4-6-8-12(11)27-16(14)21-13/h2-10H2,1H3,(H,22,25)(H2,19,20,21). The number of hydrogen-bond acceptors (Lipinski definition) is 7. The number of aromatic amines is 1. The van der Waals surface area contributed by atoms with Crippen molar-refractivity contribution in [3.05, 3.63) is 26.7 Å². The van der Waals surface area contributed by atoms with Crippen LogP contribution in [0.2, 0.25) is 0 Å². The highest BCUT2D eigenvalue weighted by molar-refractivity contribution is 7.98. The number of hydrogen-bond donors (Lipinski definition) is 2. The highest BCUT2D eigenvalue weighted by atomic mass is 32.2. The van der Waals surface area contributed by atoms with E-state index in [1.807, 2.05) is 0 Å². The number of rotatable bonds is 6. The molecular weight excluding hydrogens is 380 g/mol. The molecule has 4 rings (SSSR count). The van der Waals surface area contributed by atoms with E-state index in [2.05, 4.69) is 22.1 Å². The van der Waals surface area contributed by atoms with Gasteiger partial charge in [-0.2, -0.15) is 0 Å². The number of thioether (sulfide) groups is 1. The molecule has 0 unspecified atom stereocenters. The van der Waals surface area contributed by atoms with E-state index in [9.17, 15) is 4.79 Å². The molecule has 3 heterocycles. The fourth-order valence-corrected chi connectivity index (χ4v) is 5.64. The first-order valence-electron chi connectivity index (χ1n) is 9.52. The van der Waals surface area contributed by atoms with E-state index in [0.717, 1.165) is 35.9 Å². The van der Waals surface area contributed by atoms with Gasteiger partial charge in [0.25, 0.3) is 0 Å². The molecule has 0 amide bonds. The average Bonchev–Trinajstić information content (AvgIpc) is 3.09. The number of anilines is 1. The van der Waals surface area contributed by atoms with Gasteiger partial charge >= 0.3 is 5.69 Å². The van der Waals surface area contributed by atoms with Crippen molar-refractivity contribution in [2.24, 2.45) is 0 Å². The third-order valence-corrected chi connectivity index (χ3v) is 7.09. The van der Waals surface area contributed by atoms with E-state index in [4.69, 9.17) is 10.7 Å². The van der Waals surface area contributed by atoms with Gasteiger partial charge in [0.2, 0.25) is 0 Å². The van der Waals surface area contributed by atoms with E-state index >= 15 is 0 Å². The number of nitrogen functional groups attached to an aromatic ring is 1. The van der Waals surface area contributed by atoms with Gasteiger partial charge in [-0.05, 0) is 37.7 Å². The van der Waals surface area contributed by atoms with E-state index in [1.165, 1.54) is 41.5 Å². The third kappa shape index (κ3) is 3.75. The number of nitrogens with two attached hydrogens (primary N) is 1. The first-order chi connectivity index (χ1) is 13.2. The van der Waals surface area contributed by atoms with Crippen LogP contribution in [0.1, 0.15) is 55.3 Å². The summed E-state index contributed by atoms with van der Waals surface area (Å²) in [5.41, 5.74) is 7.52. The Bertz CT molecular complexity index is 1010. The zero-order chi connectivity index (χ0) is 18.8. The normalized spacial score (nSPS) is 14.4. The zero-order valence-electron chi connectivity index (χ0n) is 15.5. The number of thiophene rings is 1. The number of aromatic nitrogens is 5. The molecule has 3 aromatic heterocycles. The van der Waals surface area contributed by atoms with Crippen LogP contribution in [0.5, 0.6) is 0 Å². The smallest absolute Gasteiger partial charge is 0.343 e. The molecule has 1 aliphatic rings. The first kappa shape index (κ1) is 18.5. The molecule has 0 saturated heterocycles. The molecule has 3 aromatic rings. The van der Waals surface area contributed by atoms with Gasteiger partial charge in [0.15, 0.2) is 5.16 Å². The molecule has 0 spiro atoms. The van der Waals surface area contributed by atoms with Gasteiger partial charge in [0.05, 0.1) is 11.1 Å². The van der Waals surface area contributed by atoms with Crippen LogP contribution in [0, 0.1) is 0 Å². The fourth-order valence-electron chi connectivity index (χ4n) is 3.53. The van der Waals surface area contributed by atoms with E-state index in [0.29, 0.717) is 29.1 Å². The number of nitrogens with one attached hydrogen (secondary N) is 1. The average molecular weight is 405 g/mol. The predicted octanol–water partition coefficient (Wildman–Crippen LogP) is 3.52. The molecule has 0 saturated carbocycles. The topological polar surface area (TPSA) is 102 Å². The monoisotopic (exact) mass is 404 g/mol. The Morgan fingerprint density at radius 3 is 2.96 bits per heavy atom. The first-order valence-corrected chi connectivity index (χ1v) is 11.3. The lowest BCUT2D eigenvalue weighted by Crippen LogP contribution is -2.17. The number of H-pyrrole nitrogens is 1. The molecule has 144 valence electrons. The van der Waals surface area contributed by atoms with Crippen molar-refractivity contribution in [2.45, 2.75) is 69.3 Å². The summed E-state index contributed by atoms with van der Waals surface area (Å²) in [4.78, 5) is 23.6. The summed E-state index contributed by atoms with van der Waals surface area (Å²) in [6.07, 6.45) is 7.91. The summed E-state index contributed by atoms with van der Waals surface area (Å²) >= 11 is 3.24. The van der Waals surface area contributed by atoms with Gasteiger partial charge in [-0.15, -0.1) is 16.4 Å². The quantitative estimate of drug-likeness (QED) is 0.481. The number of unbranched alkanes of at least 4 members (excludes halogenated alkanes) is 1.